The molecular formula is C19H18Cl2O2. The first-order chi connectivity index (χ1) is 10.8. The van der Waals surface area contributed by atoms with Crippen LogP contribution in [-0.4, -0.2) is 10.2 Å². The van der Waals surface area contributed by atoms with Gasteiger partial charge in [0, 0.05) is 0 Å². The highest BCUT2D eigenvalue weighted by Crippen LogP contribution is 2.35. The molecule has 2 N–H and O–H groups in total. The van der Waals surface area contributed by atoms with E-state index < -0.39 is 11.2 Å². The third kappa shape index (κ3) is 3.87. The molecule has 0 fully saturated rings. The average Bonchev–Trinajstić information content (AvgIpc) is 2.56. The van der Waals surface area contributed by atoms with Gasteiger partial charge >= 0.3 is 0 Å². The lowest BCUT2D eigenvalue weighted by atomic mass is 9.93. The summed E-state index contributed by atoms with van der Waals surface area (Å²) in [4.78, 5) is 0. The maximum Gasteiger partial charge on any atom is 0.130 e. The van der Waals surface area contributed by atoms with E-state index in [9.17, 15) is 10.2 Å². The molecule has 0 radical (unpaired) electrons. The zero-order chi connectivity index (χ0) is 17.1. The number of hydrogen-bond acceptors (Lipinski definition) is 2. The smallest absolute Gasteiger partial charge is 0.130 e. The van der Waals surface area contributed by atoms with Gasteiger partial charge in [-0.3, -0.25) is 0 Å². The first-order valence-electron chi connectivity index (χ1n) is 7.15. The Morgan fingerprint density at radius 3 is 1.35 bits per heavy atom. The summed E-state index contributed by atoms with van der Waals surface area (Å²) in [5.74, 6) is 0. The van der Waals surface area contributed by atoms with Crippen molar-refractivity contribution in [3.05, 3.63) is 87.6 Å². The van der Waals surface area contributed by atoms with Crippen molar-refractivity contribution < 1.29 is 10.2 Å². The Balaban J connectivity index is 2.47. The molecule has 120 valence electrons. The van der Waals surface area contributed by atoms with E-state index in [4.69, 9.17) is 23.2 Å². The first-order valence-corrected chi connectivity index (χ1v) is 7.90. The zero-order valence-corrected chi connectivity index (χ0v) is 14.4. The number of benzene rings is 2. The summed E-state index contributed by atoms with van der Waals surface area (Å²) in [5.41, 5.74) is 1.05. The molecule has 0 aliphatic rings. The van der Waals surface area contributed by atoms with Crippen LogP contribution < -0.4 is 0 Å². The average molecular weight is 349 g/mol. The molecule has 0 bridgehead atoms. The molecule has 0 aromatic heterocycles. The van der Waals surface area contributed by atoms with Gasteiger partial charge in [-0.25, -0.2) is 0 Å². The Hall–Kier alpha value is -1.54. The molecular weight excluding hydrogens is 331 g/mol. The van der Waals surface area contributed by atoms with Gasteiger partial charge in [0.2, 0.25) is 0 Å². The van der Waals surface area contributed by atoms with Crippen LogP contribution in [0.4, 0.5) is 0 Å². The Labute approximate surface area is 146 Å². The Morgan fingerprint density at radius 1 is 0.739 bits per heavy atom. The topological polar surface area (TPSA) is 40.5 Å². The summed E-state index contributed by atoms with van der Waals surface area (Å²) in [7, 11) is 0. The molecule has 0 heterocycles. The summed E-state index contributed by atoms with van der Waals surface area (Å²) >= 11 is 12.5. The minimum Gasteiger partial charge on any atom is -0.379 e. The van der Waals surface area contributed by atoms with E-state index in [2.05, 4.69) is 5.73 Å². The maximum atomic E-state index is 10.7. The standard InChI is InChI=1S/C19H18Cl2O2/c1-18(22,14-9-5-3-6-10-14)16(20)13-17(21)19(2,23)15-11-7-4-8-12-15/h3-12,22-23H,1-2H3. The highest BCUT2D eigenvalue weighted by atomic mass is 35.5. The summed E-state index contributed by atoms with van der Waals surface area (Å²) in [6.45, 7) is 3.11. The molecule has 0 amide bonds. The molecule has 23 heavy (non-hydrogen) atoms. The molecule has 0 saturated heterocycles. The largest absolute Gasteiger partial charge is 0.379 e. The van der Waals surface area contributed by atoms with E-state index in [1.165, 1.54) is 0 Å². The Kier molecular flexibility index (Phi) is 5.36. The van der Waals surface area contributed by atoms with Crippen molar-refractivity contribution in [1.29, 1.82) is 0 Å². The minimum atomic E-state index is -1.45. The highest BCUT2D eigenvalue weighted by Gasteiger charge is 2.30. The highest BCUT2D eigenvalue weighted by molar-refractivity contribution is 6.33. The van der Waals surface area contributed by atoms with Gasteiger partial charge in [0.05, 0.1) is 10.1 Å². The normalized spacial score (nSPS) is 15.9. The van der Waals surface area contributed by atoms with Crippen LogP contribution in [0.3, 0.4) is 0 Å². The summed E-state index contributed by atoms with van der Waals surface area (Å²) in [5, 5.41) is 21.3. The van der Waals surface area contributed by atoms with Crippen LogP contribution in [0.2, 0.25) is 0 Å². The van der Waals surface area contributed by atoms with Crippen molar-refractivity contribution in [2.75, 3.05) is 0 Å². The van der Waals surface area contributed by atoms with Crippen molar-refractivity contribution in [3.8, 4) is 0 Å². The lowest BCUT2D eigenvalue weighted by Gasteiger charge is -2.24. The van der Waals surface area contributed by atoms with Crippen LogP contribution in [0.25, 0.3) is 0 Å². The van der Waals surface area contributed by atoms with E-state index in [0.29, 0.717) is 11.1 Å². The molecule has 4 heteroatoms. The van der Waals surface area contributed by atoms with E-state index in [0.717, 1.165) is 0 Å². The number of rotatable bonds is 4. The van der Waals surface area contributed by atoms with E-state index in [-0.39, 0.29) is 10.1 Å². The number of aliphatic hydroxyl groups is 2. The van der Waals surface area contributed by atoms with Gasteiger partial charge in [0.15, 0.2) is 0 Å². The Morgan fingerprint density at radius 2 is 1.04 bits per heavy atom. The predicted octanol–water partition coefficient (Wildman–Crippen LogP) is 4.65. The third-order valence-electron chi connectivity index (χ3n) is 3.75. The van der Waals surface area contributed by atoms with Crippen LogP contribution in [0.5, 0.6) is 0 Å². The second-order valence-corrected chi connectivity index (χ2v) is 6.39. The van der Waals surface area contributed by atoms with Crippen molar-refractivity contribution in [3.63, 3.8) is 0 Å². The van der Waals surface area contributed by atoms with Crippen LogP contribution in [-0.2, 0) is 11.2 Å². The van der Waals surface area contributed by atoms with Crippen molar-refractivity contribution in [2.24, 2.45) is 0 Å². The quantitative estimate of drug-likeness (QED) is 0.789. The summed E-state index contributed by atoms with van der Waals surface area (Å²) in [6.07, 6.45) is 0. The molecule has 2 aromatic carbocycles. The third-order valence-corrected chi connectivity index (χ3v) is 4.67. The van der Waals surface area contributed by atoms with Gasteiger partial charge in [-0.1, -0.05) is 89.6 Å². The molecule has 2 atom stereocenters. The second kappa shape index (κ2) is 6.92. The molecule has 0 aliphatic carbocycles. The first kappa shape index (κ1) is 17.8. The van der Waals surface area contributed by atoms with Gasteiger partial charge in [-0.2, -0.15) is 0 Å². The lowest BCUT2D eigenvalue weighted by Crippen LogP contribution is -2.23. The molecule has 0 aliphatic heterocycles. The molecule has 2 aromatic rings. The van der Waals surface area contributed by atoms with Gasteiger partial charge in [0.1, 0.15) is 11.2 Å². The van der Waals surface area contributed by atoms with Crippen molar-refractivity contribution >= 4 is 23.2 Å². The summed E-state index contributed by atoms with van der Waals surface area (Å²) < 4.78 is 0. The second-order valence-electron chi connectivity index (χ2n) is 5.63. The number of halogens is 2. The molecule has 2 unspecified atom stereocenters. The SMILES string of the molecule is CC(O)(C(Cl)=C=C(Cl)C(C)(O)c1ccccc1)c1ccccc1. The monoisotopic (exact) mass is 348 g/mol. The fourth-order valence-corrected chi connectivity index (χ4v) is 2.57. The zero-order valence-electron chi connectivity index (χ0n) is 12.9. The predicted molar refractivity (Wildman–Crippen MR) is 94.3 cm³/mol. The molecule has 2 nitrogen and oxygen atoms in total. The van der Waals surface area contributed by atoms with Crippen LogP contribution in [0.15, 0.2) is 76.5 Å². The van der Waals surface area contributed by atoms with Crippen LogP contribution in [0.1, 0.15) is 25.0 Å². The van der Waals surface area contributed by atoms with Gasteiger partial charge in [-0.15, -0.1) is 0 Å². The van der Waals surface area contributed by atoms with Crippen molar-refractivity contribution in [1.82, 2.24) is 0 Å². The fraction of sp³-hybridized carbons (Fsp3) is 0.211. The fourth-order valence-electron chi connectivity index (χ4n) is 2.12. The van der Waals surface area contributed by atoms with E-state index in [1.807, 2.05) is 12.1 Å². The maximum absolute atomic E-state index is 10.7. The summed E-state index contributed by atoms with van der Waals surface area (Å²) in [6, 6.07) is 17.9. The van der Waals surface area contributed by atoms with Crippen LogP contribution in [0, 0.1) is 0 Å². The van der Waals surface area contributed by atoms with Crippen LogP contribution >= 0.6 is 23.2 Å². The van der Waals surface area contributed by atoms with Gasteiger partial charge in [0.25, 0.3) is 0 Å². The van der Waals surface area contributed by atoms with Gasteiger partial charge < -0.3 is 10.2 Å². The number of hydrogen-bond donors (Lipinski definition) is 2. The minimum absolute atomic E-state index is 0.00454. The molecule has 2 rings (SSSR count). The van der Waals surface area contributed by atoms with E-state index in [1.54, 1.807) is 62.4 Å². The molecule has 0 saturated carbocycles. The lowest BCUT2D eigenvalue weighted by molar-refractivity contribution is 0.102. The van der Waals surface area contributed by atoms with Gasteiger partial charge in [-0.05, 0) is 25.0 Å². The Bertz CT molecular complexity index is 667. The van der Waals surface area contributed by atoms with Crippen molar-refractivity contribution in [2.45, 2.75) is 25.0 Å². The van der Waals surface area contributed by atoms with E-state index >= 15 is 0 Å². The molecule has 0 spiro atoms.